The zero-order valence-corrected chi connectivity index (χ0v) is 13.1. The Bertz CT molecular complexity index is 676. The van der Waals surface area contributed by atoms with Gasteiger partial charge in [-0.25, -0.2) is 9.37 Å². The number of methoxy groups -OCH3 is 1. The Kier molecular flexibility index (Phi) is 4.38. The summed E-state index contributed by atoms with van der Waals surface area (Å²) in [5.74, 6) is -0.468. The molecular weight excluding hydrogens is 303 g/mol. The molecule has 0 fully saturated rings. The molecule has 0 saturated heterocycles. The van der Waals surface area contributed by atoms with E-state index in [4.69, 9.17) is 4.74 Å². The number of fused-ring (bicyclic) bond motifs is 1. The summed E-state index contributed by atoms with van der Waals surface area (Å²) >= 11 is 1.55. The van der Waals surface area contributed by atoms with E-state index in [-0.39, 0.29) is 18.1 Å². The smallest absolute Gasteiger partial charge is 0.230 e. The highest BCUT2D eigenvalue weighted by atomic mass is 32.1. The van der Waals surface area contributed by atoms with Gasteiger partial charge in [0.05, 0.1) is 19.2 Å². The molecule has 0 saturated carbocycles. The van der Waals surface area contributed by atoms with Crippen LogP contribution in [0.3, 0.4) is 0 Å². The van der Waals surface area contributed by atoms with Crippen LogP contribution in [0.1, 0.15) is 29.0 Å². The molecule has 0 radical (unpaired) electrons. The fraction of sp³-hybridized carbons (Fsp3) is 0.375. The molecule has 1 heterocycles. The van der Waals surface area contributed by atoms with E-state index in [9.17, 15) is 9.18 Å². The van der Waals surface area contributed by atoms with Crippen LogP contribution in [0.4, 0.5) is 9.52 Å². The Balaban J connectivity index is 1.65. The number of amides is 1. The second-order valence-electron chi connectivity index (χ2n) is 5.29. The number of rotatable bonds is 4. The maximum atomic E-state index is 13.6. The first kappa shape index (κ1) is 15.0. The van der Waals surface area contributed by atoms with Gasteiger partial charge in [0, 0.05) is 4.88 Å². The summed E-state index contributed by atoms with van der Waals surface area (Å²) in [6.45, 7) is 0. The number of aromatic nitrogens is 1. The molecule has 3 rings (SSSR count). The van der Waals surface area contributed by atoms with Crippen LogP contribution in [0.2, 0.25) is 0 Å². The van der Waals surface area contributed by atoms with E-state index in [1.54, 1.807) is 17.4 Å². The maximum Gasteiger partial charge on any atom is 0.230 e. The van der Waals surface area contributed by atoms with Crippen LogP contribution in [-0.2, 0) is 24.1 Å². The Hall–Kier alpha value is -1.95. The minimum atomic E-state index is -0.461. The number of carbonyl (C=O) groups is 1. The summed E-state index contributed by atoms with van der Waals surface area (Å²) < 4.78 is 18.5. The van der Waals surface area contributed by atoms with E-state index in [2.05, 4.69) is 10.3 Å². The molecule has 1 aromatic heterocycles. The Morgan fingerprint density at radius 2 is 2.23 bits per heavy atom. The third-order valence-corrected chi connectivity index (χ3v) is 4.75. The molecule has 1 aliphatic rings. The molecule has 116 valence electrons. The average Bonchev–Trinajstić information content (AvgIpc) is 2.89. The largest absolute Gasteiger partial charge is 0.494 e. The number of thiazole rings is 1. The molecule has 6 heteroatoms. The van der Waals surface area contributed by atoms with Gasteiger partial charge in [0.2, 0.25) is 5.91 Å². The van der Waals surface area contributed by atoms with Crippen LogP contribution in [0.25, 0.3) is 0 Å². The third kappa shape index (κ3) is 3.27. The molecule has 1 aromatic carbocycles. The van der Waals surface area contributed by atoms with Crippen molar-refractivity contribution < 1.29 is 13.9 Å². The van der Waals surface area contributed by atoms with Crippen LogP contribution >= 0.6 is 11.3 Å². The van der Waals surface area contributed by atoms with Crippen LogP contribution in [0.15, 0.2) is 18.2 Å². The lowest BCUT2D eigenvalue weighted by atomic mass is 10.0. The molecule has 0 unspecified atom stereocenters. The first-order valence-corrected chi connectivity index (χ1v) is 8.08. The van der Waals surface area contributed by atoms with Gasteiger partial charge in [0.25, 0.3) is 0 Å². The lowest BCUT2D eigenvalue weighted by Gasteiger charge is -2.06. The number of hydrogen-bond donors (Lipinski definition) is 1. The Labute approximate surface area is 132 Å². The fourth-order valence-corrected chi connectivity index (χ4v) is 3.64. The minimum absolute atomic E-state index is 0.116. The lowest BCUT2D eigenvalue weighted by molar-refractivity contribution is -0.115. The van der Waals surface area contributed by atoms with Gasteiger partial charge in [0.1, 0.15) is 0 Å². The van der Waals surface area contributed by atoms with Gasteiger partial charge in [0.15, 0.2) is 16.7 Å². The normalized spacial score (nSPS) is 13.5. The van der Waals surface area contributed by atoms with Crippen molar-refractivity contribution in [2.75, 3.05) is 12.4 Å². The topological polar surface area (TPSA) is 51.2 Å². The van der Waals surface area contributed by atoms with Gasteiger partial charge in [-0.3, -0.25) is 4.79 Å². The predicted octanol–water partition coefficient (Wildman–Crippen LogP) is 3.35. The zero-order valence-electron chi connectivity index (χ0n) is 12.3. The van der Waals surface area contributed by atoms with Crippen molar-refractivity contribution in [3.05, 3.63) is 40.2 Å². The summed E-state index contributed by atoms with van der Waals surface area (Å²) in [6, 6.07) is 4.54. The number of anilines is 1. The maximum absolute atomic E-state index is 13.6. The summed E-state index contributed by atoms with van der Waals surface area (Å²) in [5.41, 5.74) is 1.72. The fourth-order valence-electron chi connectivity index (χ4n) is 2.57. The summed E-state index contributed by atoms with van der Waals surface area (Å²) in [7, 11) is 1.41. The Morgan fingerprint density at radius 1 is 1.41 bits per heavy atom. The quantitative estimate of drug-likeness (QED) is 0.940. The van der Waals surface area contributed by atoms with Gasteiger partial charge in [-0.15, -0.1) is 11.3 Å². The summed E-state index contributed by atoms with van der Waals surface area (Å²) in [6.07, 6.45) is 4.51. The van der Waals surface area contributed by atoms with Crippen LogP contribution in [0.5, 0.6) is 5.75 Å². The SMILES string of the molecule is COc1ccc(CC(=O)Nc2nc3c(s2)CCCC3)cc1F. The van der Waals surface area contributed by atoms with E-state index in [1.807, 2.05) is 0 Å². The summed E-state index contributed by atoms with van der Waals surface area (Å²) in [4.78, 5) is 17.8. The first-order valence-electron chi connectivity index (χ1n) is 7.26. The number of hydrogen-bond acceptors (Lipinski definition) is 4. The van der Waals surface area contributed by atoms with Gasteiger partial charge in [-0.1, -0.05) is 6.07 Å². The second-order valence-corrected chi connectivity index (χ2v) is 6.37. The molecular formula is C16H17FN2O2S. The van der Waals surface area contributed by atoms with Crippen molar-refractivity contribution in [3.8, 4) is 5.75 Å². The van der Waals surface area contributed by atoms with Crippen LogP contribution < -0.4 is 10.1 Å². The van der Waals surface area contributed by atoms with Crippen molar-refractivity contribution in [1.29, 1.82) is 0 Å². The van der Waals surface area contributed by atoms with E-state index >= 15 is 0 Å². The molecule has 0 bridgehead atoms. The number of benzene rings is 1. The monoisotopic (exact) mass is 320 g/mol. The highest BCUT2D eigenvalue weighted by molar-refractivity contribution is 7.15. The molecule has 22 heavy (non-hydrogen) atoms. The highest BCUT2D eigenvalue weighted by Crippen LogP contribution is 2.29. The molecule has 0 aliphatic heterocycles. The zero-order chi connectivity index (χ0) is 15.5. The van der Waals surface area contributed by atoms with Crippen LogP contribution in [0, 0.1) is 5.82 Å². The molecule has 1 aliphatic carbocycles. The number of carbonyl (C=O) groups excluding carboxylic acids is 1. The van der Waals surface area contributed by atoms with Gasteiger partial charge in [-0.05, 0) is 43.4 Å². The minimum Gasteiger partial charge on any atom is -0.494 e. The van der Waals surface area contributed by atoms with Gasteiger partial charge < -0.3 is 10.1 Å². The molecule has 0 spiro atoms. The standard InChI is InChI=1S/C16H17FN2O2S/c1-21-13-7-6-10(8-11(13)17)9-15(20)19-16-18-12-4-2-3-5-14(12)22-16/h6-8H,2-5,9H2,1H3,(H,18,19,20). The first-order chi connectivity index (χ1) is 10.7. The Morgan fingerprint density at radius 3 is 2.95 bits per heavy atom. The third-order valence-electron chi connectivity index (χ3n) is 3.67. The van der Waals surface area contributed by atoms with Crippen molar-refractivity contribution in [2.24, 2.45) is 0 Å². The van der Waals surface area contributed by atoms with E-state index in [0.29, 0.717) is 10.7 Å². The van der Waals surface area contributed by atoms with Crippen molar-refractivity contribution in [2.45, 2.75) is 32.1 Å². The number of halogens is 1. The van der Waals surface area contributed by atoms with E-state index in [1.165, 1.54) is 30.5 Å². The lowest BCUT2D eigenvalue weighted by Crippen LogP contribution is -2.14. The van der Waals surface area contributed by atoms with Crippen molar-refractivity contribution in [1.82, 2.24) is 4.98 Å². The summed E-state index contributed by atoms with van der Waals surface area (Å²) in [5, 5.41) is 3.45. The highest BCUT2D eigenvalue weighted by Gasteiger charge is 2.16. The molecule has 1 amide bonds. The van der Waals surface area contributed by atoms with Crippen molar-refractivity contribution in [3.63, 3.8) is 0 Å². The molecule has 4 nitrogen and oxygen atoms in total. The van der Waals surface area contributed by atoms with E-state index < -0.39 is 5.82 Å². The second kappa shape index (κ2) is 6.44. The van der Waals surface area contributed by atoms with Gasteiger partial charge >= 0.3 is 0 Å². The number of aryl methyl sites for hydroxylation is 2. The molecule has 2 aromatic rings. The predicted molar refractivity (Wildman–Crippen MR) is 84.0 cm³/mol. The van der Waals surface area contributed by atoms with Crippen molar-refractivity contribution >= 4 is 22.4 Å². The number of ether oxygens (including phenoxy) is 1. The van der Waals surface area contributed by atoms with Crippen LogP contribution in [-0.4, -0.2) is 18.0 Å². The number of nitrogens with one attached hydrogen (secondary N) is 1. The van der Waals surface area contributed by atoms with E-state index in [0.717, 1.165) is 25.0 Å². The molecule has 1 N–H and O–H groups in total. The number of nitrogens with zero attached hydrogens (tertiary/aromatic N) is 1. The average molecular weight is 320 g/mol. The van der Waals surface area contributed by atoms with Gasteiger partial charge in [-0.2, -0.15) is 0 Å². The molecule has 0 atom stereocenters.